The minimum atomic E-state index is 0.263. The lowest BCUT2D eigenvalue weighted by Gasteiger charge is -2.16. The van der Waals surface area contributed by atoms with E-state index in [1.54, 1.807) is 0 Å². The third kappa shape index (κ3) is 3.33. The highest BCUT2D eigenvalue weighted by molar-refractivity contribution is 5.98. The molecule has 1 aliphatic rings. The van der Waals surface area contributed by atoms with Gasteiger partial charge in [-0.15, -0.1) is 0 Å². The lowest BCUT2D eigenvalue weighted by atomic mass is 9.91. The maximum atomic E-state index is 11.7. The van der Waals surface area contributed by atoms with Crippen LogP contribution < -0.4 is 4.74 Å². The second-order valence-corrected chi connectivity index (χ2v) is 4.49. The average molecular weight is 248 g/mol. The molecule has 0 aromatic heterocycles. The summed E-state index contributed by atoms with van der Waals surface area (Å²) in [6.45, 7) is 4.13. The molecule has 1 aliphatic carbocycles. The van der Waals surface area contributed by atoms with Crippen molar-refractivity contribution in [1.82, 2.24) is 0 Å². The molecule has 0 heterocycles. The van der Waals surface area contributed by atoms with Crippen molar-refractivity contribution in [3.63, 3.8) is 0 Å². The Morgan fingerprint density at radius 3 is 2.94 bits per heavy atom. The summed E-state index contributed by atoms with van der Waals surface area (Å²) in [5.74, 6) is 1.12. The Labute approximate surface area is 108 Å². The molecule has 3 nitrogen and oxygen atoms in total. The second kappa shape index (κ2) is 6.55. The van der Waals surface area contributed by atoms with Crippen molar-refractivity contribution in [2.45, 2.75) is 32.6 Å². The van der Waals surface area contributed by atoms with E-state index in [0.29, 0.717) is 13.0 Å². The van der Waals surface area contributed by atoms with Gasteiger partial charge in [0.15, 0.2) is 5.78 Å². The van der Waals surface area contributed by atoms with E-state index in [1.165, 1.54) is 0 Å². The first-order valence-electron chi connectivity index (χ1n) is 6.68. The summed E-state index contributed by atoms with van der Waals surface area (Å²) < 4.78 is 10.9. The van der Waals surface area contributed by atoms with Gasteiger partial charge < -0.3 is 9.47 Å². The predicted molar refractivity (Wildman–Crippen MR) is 70.3 cm³/mol. The SMILES string of the molecule is CCOCCCOc1ccc2c(c1)CCCC2=O. The highest BCUT2D eigenvalue weighted by Crippen LogP contribution is 2.25. The fourth-order valence-electron chi connectivity index (χ4n) is 2.21. The zero-order chi connectivity index (χ0) is 12.8. The summed E-state index contributed by atoms with van der Waals surface area (Å²) >= 11 is 0. The number of carbonyl (C=O) groups is 1. The van der Waals surface area contributed by atoms with Crippen LogP contribution in [-0.4, -0.2) is 25.6 Å². The van der Waals surface area contributed by atoms with Crippen LogP contribution >= 0.6 is 0 Å². The Kier molecular flexibility index (Phi) is 4.76. The molecule has 98 valence electrons. The smallest absolute Gasteiger partial charge is 0.163 e. The van der Waals surface area contributed by atoms with Crippen LogP contribution in [0.15, 0.2) is 18.2 Å². The fourth-order valence-corrected chi connectivity index (χ4v) is 2.21. The highest BCUT2D eigenvalue weighted by Gasteiger charge is 2.17. The van der Waals surface area contributed by atoms with Gasteiger partial charge in [-0.1, -0.05) is 0 Å². The molecule has 0 radical (unpaired) electrons. The standard InChI is InChI=1S/C15H20O3/c1-2-17-9-4-10-18-13-7-8-14-12(11-13)5-3-6-15(14)16/h7-8,11H,2-6,9-10H2,1H3. The summed E-state index contributed by atoms with van der Waals surface area (Å²) in [5.41, 5.74) is 2.01. The zero-order valence-electron chi connectivity index (χ0n) is 10.9. The van der Waals surface area contributed by atoms with Gasteiger partial charge in [0.1, 0.15) is 5.75 Å². The van der Waals surface area contributed by atoms with Crippen LogP contribution in [0.25, 0.3) is 0 Å². The lowest BCUT2D eigenvalue weighted by Crippen LogP contribution is -2.11. The quantitative estimate of drug-likeness (QED) is 0.726. The number of ether oxygens (including phenoxy) is 2. The molecule has 0 amide bonds. The molecular formula is C15H20O3. The summed E-state index contributed by atoms with van der Waals surface area (Å²) in [4.78, 5) is 11.7. The molecule has 0 N–H and O–H groups in total. The van der Waals surface area contributed by atoms with Crippen molar-refractivity contribution in [2.75, 3.05) is 19.8 Å². The number of fused-ring (bicyclic) bond motifs is 1. The van der Waals surface area contributed by atoms with Crippen molar-refractivity contribution in [2.24, 2.45) is 0 Å². The van der Waals surface area contributed by atoms with Gasteiger partial charge in [-0.25, -0.2) is 0 Å². The predicted octanol–water partition coefficient (Wildman–Crippen LogP) is 3.01. The number of ketones is 1. The van der Waals surface area contributed by atoms with E-state index in [4.69, 9.17) is 9.47 Å². The maximum absolute atomic E-state index is 11.7. The van der Waals surface area contributed by atoms with Gasteiger partial charge in [0, 0.05) is 31.6 Å². The van der Waals surface area contributed by atoms with Gasteiger partial charge in [-0.2, -0.15) is 0 Å². The van der Waals surface area contributed by atoms with Crippen molar-refractivity contribution >= 4 is 5.78 Å². The molecule has 0 fully saturated rings. The Morgan fingerprint density at radius 2 is 2.11 bits per heavy atom. The number of rotatable bonds is 6. The van der Waals surface area contributed by atoms with Crippen LogP contribution in [0.4, 0.5) is 0 Å². The number of benzene rings is 1. The van der Waals surface area contributed by atoms with E-state index in [2.05, 4.69) is 0 Å². The first-order valence-corrected chi connectivity index (χ1v) is 6.68. The molecule has 0 aliphatic heterocycles. The Balaban J connectivity index is 1.88. The molecule has 0 atom stereocenters. The Morgan fingerprint density at radius 1 is 1.22 bits per heavy atom. The van der Waals surface area contributed by atoms with Gasteiger partial charge >= 0.3 is 0 Å². The van der Waals surface area contributed by atoms with Gasteiger partial charge in [-0.05, 0) is 43.5 Å². The Hall–Kier alpha value is -1.35. The van der Waals surface area contributed by atoms with Gasteiger partial charge in [0.05, 0.1) is 6.61 Å². The van der Waals surface area contributed by atoms with Gasteiger partial charge in [-0.3, -0.25) is 4.79 Å². The molecule has 0 saturated heterocycles. The minimum Gasteiger partial charge on any atom is -0.493 e. The second-order valence-electron chi connectivity index (χ2n) is 4.49. The molecule has 3 heteroatoms. The van der Waals surface area contributed by atoms with Crippen LogP contribution in [0, 0.1) is 0 Å². The van der Waals surface area contributed by atoms with E-state index in [9.17, 15) is 4.79 Å². The molecule has 1 aromatic carbocycles. The van der Waals surface area contributed by atoms with Crippen LogP contribution in [0.5, 0.6) is 5.75 Å². The van der Waals surface area contributed by atoms with E-state index < -0.39 is 0 Å². The van der Waals surface area contributed by atoms with Crippen molar-refractivity contribution in [3.05, 3.63) is 29.3 Å². The van der Waals surface area contributed by atoms with Gasteiger partial charge in [0.25, 0.3) is 0 Å². The number of aryl methyl sites for hydroxylation is 1. The molecule has 0 bridgehead atoms. The fraction of sp³-hybridized carbons (Fsp3) is 0.533. The molecular weight excluding hydrogens is 228 g/mol. The summed E-state index contributed by atoms with van der Waals surface area (Å²) in [7, 11) is 0. The third-order valence-corrected chi connectivity index (χ3v) is 3.13. The van der Waals surface area contributed by atoms with Crippen molar-refractivity contribution in [3.8, 4) is 5.75 Å². The van der Waals surface area contributed by atoms with E-state index in [0.717, 1.165) is 49.4 Å². The minimum absolute atomic E-state index is 0.263. The molecule has 1 aromatic rings. The number of hydrogen-bond donors (Lipinski definition) is 0. The monoisotopic (exact) mass is 248 g/mol. The number of Topliss-reactive ketones (excluding diaryl/α,β-unsaturated/α-hetero) is 1. The molecule has 2 rings (SSSR count). The first kappa shape index (κ1) is 13.1. The summed E-state index contributed by atoms with van der Waals surface area (Å²) in [6.07, 6.45) is 3.52. The third-order valence-electron chi connectivity index (χ3n) is 3.13. The topological polar surface area (TPSA) is 35.5 Å². The summed E-state index contributed by atoms with van der Waals surface area (Å²) in [5, 5.41) is 0. The van der Waals surface area contributed by atoms with Crippen LogP contribution in [0.1, 0.15) is 42.1 Å². The Bertz CT molecular complexity index is 412. The van der Waals surface area contributed by atoms with Gasteiger partial charge in [0.2, 0.25) is 0 Å². The van der Waals surface area contributed by atoms with E-state index in [-0.39, 0.29) is 5.78 Å². The number of hydrogen-bond acceptors (Lipinski definition) is 3. The molecule has 0 unspecified atom stereocenters. The van der Waals surface area contributed by atoms with Crippen LogP contribution in [-0.2, 0) is 11.2 Å². The van der Waals surface area contributed by atoms with E-state index >= 15 is 0 Å². The maximum Gasteiger partial charge on any atom is 0.163 e. The van der Waals surface area contributed by atoms with Crippen molar-refractivity contribution < 1.29 is 14.3 Å². The molecule has 0 spiro atoms. The molecule has 18 heavy (non-hydrogen) atoms. The lowest BCUT2D eigenvalue weighted by molar-refractivity contribution is 0.0972. The highest BCUT2D eigenvalue weighted by atomic mass is 16.5. The summed E-state index contributed by atoms with van der Waals surface area (Å²) in [6, 6.07) is 5.80. The largest absolute Gasteiger partial charge is 0.493 e. The number of carbonyl (C=O) groups excluding carboxylic acids is 1. The average Bonchev–Trinajstić information content (AvgIpc) is 2.39. The van der Waals surface area contributed by atoms with Crippen molar-refractivity contribution in [1.29, 1.82) is 0 Å². The molecule has 0 saturated carbocycles. The first-order chi connectivity index (χ1) is 8.81. The van der Waals surface area contributed by atoms with Crippen LogP contribution in [0.2, 0.25) is 0 Å². The zero-order valence-corrected chi connectivity index (χ0v) is 10.9. The van der Waals surface area contributed by atoms with E-state index in [1.807, 2.05) is 25.1 Å². The normalized spacial score (nSPS) is 14.4. The van der Waals surface area contributed by atoms with Crippen LogP contribution in [0.3, 0.4) is 0 Å².